The third kappa shape index (κ3) is 4.63. The average molecular weight is 263 g/mol. The zero-order valence-corrected chi connectivity index (χ0v) is 12.8. The minimum absolute atomic E-state index is 0.156. The molecule has 2 heteroatoms. The van der Waals surface area contributed by atoms with Crippen LogP contribution in [0.5, 0.6) is 0 Å². The van der Waals surface area contributed by atoms with Crippen LogP contribution in [0.15, 0.2) is 30.3 Å². The Balaban J connectivity index is 2.77. The van der Waals surface area contributed by atoms with Crippen LogP contribution in [0.3, 0.4) is 0 Å². The topological polar surface area (TPSA) is 23.5 Å². The van der Waals surface area contributed by atoms with Gasteiger partial charge in [-0.3, -0.25) is 4.90 Å². The monoisotopic (exact) mass is 263 g/mol. The van der Waals surface area contributed by atoms with Crippen LogP contribution in [0, 0.1) is 0 Å². The summed E-state index contributed by atoms with van der Waals surface area (Å²) in [4.78, 5) is 2.45. The Morgan fingerprint density at radius 3 is 2.26 bits per heavy atom. The lowest BCUT2D eigenvalue weighted by Crippen LogP contribution is -2.43. The summed E-state index contributed by atoms with van der Waals surface area (Å²) in [5.74, 6) is 0. The highest BCUT2D eigenvalue weighted by Crippen LogP contribution is 2.23. The number of unbranched alkanes of at least 4 members (excludes halogenated alkanes) is 1. The van der Waals surface area contributed by atoms with Gasteiger partial charge >= 0.3 is 0 Å². The second-order valence-corrected chi connectivity index (χ2v) is 5.44. The van der Waals surface area contributed by atoms with E-state index in [0.29, 0.717) is 6.04 Å². The summed E-state index contributed by atoms with van der Waals surface area (Å²) < 4.78 is 0. The van der Waals surface area contributed by atoms with Crippen LogP contribution in [0.25, 0.3) is 0 Å². The molecule has 3 unspecified atom stereocenters. The van der Waals surface area contributed by atoms with Crippen LogP contribution >= 0.6 is 0 Å². The molecule has 3 atom stereocenters. The zero-order chi connectivity index (χ0) is 14.3. The van der Waals surface area contributed by atoms with Gasteiger partial charge in [-0.05, 0) is 38.8 Å². The molecule has 0 aliphatic heterocycles. The maximum atomic E-state index is 10.6. The lowest BCUT2D eigenvalue weighted by Gasteiger charge is -2.37. The number of nitrogens with zero attached hydrogens (tertiary/aromatic N) is 1. The summed E-state index contributed by atoms with van der Waals surface area (Å²) in [7, 11) is 0. The van der Waals surface area contributed by atoms with Crippen molar-refractivity contribution in [1.82, 2.24) is 4.90 Å². The number of rotatable bonds is 8. The van der Waals surface area contributed by atoms with Crippen LogP contribution in [0.4, 0.5) is 0 Å². The first kappa shape index (κ1) is 16.2. The Morgan fingerprint density at radius 1 is 1.11 bits per heavy atom. The first-order chi connectivity index (χ1) is 9.11. The van der Waals surface area contributed by atoms with Crippen molar-refractivity contribution >= 4 is 0 Å². The fraction of sp³-hybridized carbons (Fsp3) is 0.647. The molecule has 0 saturated carbocycles. The minimum Gasteiger partial charge on any atom is -0.387 e. The van der Waals surface area contributed by atoms with Crippen molar-refractivity contribution in [3.05, 3.63) is 35.9 Å². The zero-order valence-electron chi connectivity index (χ0n) is 12.8. The number of aliphatic hydroxyl groups is 1. The van der Waals surface area contributed by atoms with Gasteiger partial charge in [-0.2, -0.15) is 0 Å². The van der Waals surface area contributed by atoms with E-state index in [9.17, 15) is 5.11 Å². The molecule has 1 aromatic rings. The second kappa shape index (κ2) is 8.34. The maximum Gasteiger partial charge on any atom is 0.0942 e. The van der Waals surface area contributed by atoms with Crippen LogP contribution in [-0.2, 0) is 0 Å². The lowest BCUT2D eigenvalue weighted by atomic mass is 10.00. The predicted molar refractivity (Wildman–Crippen MR) is 82.2 cm³/mol. The maximum absolute atomic E-state index is 10.6. The first-order valence-corrected chi connectivity index (χ1v) is 7.60. The second-order valence-electron chi connectivity index (χ2n) is 5.44. The molecule has 0 saturated heterocycles. The minimum atomic E-state index is -0.410. The molecule has 0 aliphatic carbocycles. The largest absolute Gasteiger partial charge is 0.387 e. The van der Waals surface area contributed by atoms with E-state index < -0.39 is 6.10 Å². The molecule has 0 aromatic heterocycles. The highest BCUT2D eigenvalue weighted by Gasteiger charge is 2.25. The normalized spacial score (nSPS) is 16.3. The summed E-state index contributed by atoms with van der Waals surface area (Å²) in [6.45, 7) is 9.89. The van der Waals surface area contributed by atoms with E-state index in [0.717, 1.165) is 18.5 Å². The standard InChI is InChI=1S/C17H29NO/c1-5-7-13-18(14(3)6-2)15(4)17(19)16-11-9-8-10-12-16/h8-12,14-15,17,19H,5-7,13H2,1-4H3. The highest BCUT2D eigenvalue weighted by atomic mass is 16.3. The summed E-state index contributed by atoms with van der Waals surface area (Å²) >= 11 is 0. The predicted octanol–water partition coefficient (Wildman–Crippen LogP) is 4.01. The van der Waals surface area contributed by atoms with Gasteiger partial charge in [0.2, 0.25) is 0 Å². The molecule has 0 aliphatic rings. The molecule has 0 spiro atoms. The van der Waals surface area contributed by atoms with Crippen LogP contribution in [-0.4, -0.2) is 28.6 Å². The van der Waals surface area contributed by atoms with E-state index in [4.69, 9.17) is 0 Å². The SMILES string of the molecule is CCCCN(C(C)CC)C(C)C(O)c1ccccc1. The first-order valence-electron chi connectivity index (χ1n) is 7.60. The molecular weight excluding hydrogens is 234 g/mol. The molecular formula is C17H29NO. The number of hydrogen-bond donors (Lipinski definition) is 1. The molecule has 1 aromatic carbocycles. The van der Waals surface area contributed by atoms with Crippen molar-refractivity contribution in [3.63, 3.8) is 0 Å². The van der Waals surface area contributed by atoms with Gasteiger partial charge in [0.15, 0.2) is 0 Å². The smallest absolute Gasteiger partial charge is 0.0942 e. The summed E-state index contributed by atoms with van der Waals surface area (Å²) in [5.41, 5.74) is 1.01. The molecule has 0 heterocycles. The van der Waals surface area contributed by atoms with Gasteiger partial charge in [-0.25, -0.2) is 0 Å². The lowest BCUT2D eigenvalue weighted by molar-refractivity contribution is 0.0340. The number of aliphatic hydroxyl groups excluding tert-OH is 1. The third-order valence-corrected chi connectivity index (χ3v) is 4.05. The average Bonchev–Trinajstić information content (AvgIpc) is 2.47. The molecule has 19 heavy (non-hydrogen) atoms. The van der Waals surface area contributed by atoms with Crippen LogP contribution in [0.2, 0.25) is 0 Å². The van der Waals surface area contributed by atoms with Gasteiger partial charge in [0, 0.05) is 12.1 Å². The van der Waals surface area contributed by atoms with Crippen molar-refractivity contribution in [2.75, 3.05) is 6.54 Å². The Hall–Kier alpha value is -0.860. The molecule has 0 radical (unpaired) electrons. The fourth-order valence-corrected chi connectivity index (χ4v) is 2.51. The number of benzene rings is 1. The van der Waals surface area contributed by atoms with Gasteiger partial charge in [-0.15, -0.1) is 0 Å². The van der Waals surface area contributed by atoms with Gasteiger partial charge in [0.05, 0.1) is 6.10 Å². The van der Waals surface area contributed by atoms with Crippen LogP contribution in [0.1, 0.15) is 58.6 Å². The van der Waals surface area contributed by atoms with Crippen molar-refractivity contribution in [2.24, 2.45) is 0 Å². The van der Waals surface area contributed by atoms with Gasteiger partial charge < -0.3 is 5.11 Å². The number of hydrogen-bond acceptors (Lipinski definition) is 2. The highest BCUT2D eigenvalue weighted by molar-refractivity contribution is 5.18. The molecule has 1 N–H and O–H groups in total. The van der Waals surface area contributed by atoms with E-state index in [1.54, 1.807) is 0 Å². The van der Waals surface area contributed by atoms with Crippen molar-refractivity contribution in [3.8, 4) is 0 Å². The van der Waals surface area contributed by atoms with Gasteiger partial charge in [0.1, 0.15) is 0 Å². The molecule has 2 nitrogen and oxygen atoms in total. The Kier molecular flexibility index (Phi) is 7.11. The van der Waals surface area contributed by atoms with Gasteiger partial charge in [0.25, 0.3) is 0 Å². The third-order valence-electron chi connectivity index (χ3n) is 4.05. The van der Waals surface area contributed by atoms with Crippen molar-refractivity contribution < 1.29 is 5.11 Å². The Morgan fingerprint density at radius 2 is 1.74 bits per heavy atom. The van der Waals surface area contributed by atoms with E-state index >= 15 is 0 Å². The van der Waals surface area contributed by atoms with E-state index in [2.05, 4.69) is 32.6 Å². The summed E-state index contributed by atoms with van der Waals surface area (Å²) in [5, 5.41) is 10.6. The van der Waals surface area contributed by atoms with E-state index in [1.807, 2.05) is 30.3 Å². The van der Waals surface area contributed by atoms with E-state index in [-0.39, 0.29) is 6.04 Å². The van der Waals surface area contributed by atoms with E-state index in [1.165, 1.54) is 12.8 Å². The molecule has 0 amide bonds. The molecule has 0 fully saturated rings. The Bertz CT molecular complexity index is 338. The quantitative estimate of drug-likeness (QED) is 0.766. The Labute approximate surface area is 118 Å². The summed E-state index contributed by atoms with van der Waals surface area (Å²) in [6.07, 6.45) is 3.10. The van der Waals surface area contributed by atoms with Gasteiger partial charge in [-0.1, -0.05) is 50.6 Å². The van der Waals surface area contributed by atoms with Crippen molar-refractivity contribution in [2.45, 2.75) is 65.1 Å². The molecule has 108 valence electrons. The van der Waals surface area contributed by atoms with Crippen molar-refractivity contribution in [1.29, 1.82) is 0 Å². The van der Waals surface area contributed by atoms with Crippen LogP contribution < -0.4 is 0 Å². The molecule has 1 rings (SSSR count). The molecule has 0 bridgehead atoms. The fourth-order valence-electron chi connectivity index (χ4n) is 2.51. The summed E-state index contributed by atoms with van der Waals surface area (Å²) in [6, 6.07) is 10.7.